The van der Waals surface area contributed by atoms with Gasteiger partial charge in [-0.15, -0.1) is 0 Å². The van der Waals surface area contributed by atoms with E-state index in [9.17, 15) is 9.59 Å². The number of hydrogen-bond donors (Lipinski definition) is 1. The van der Waals surface area contributed by atoms with Gasteiger partial charge in [-0.3, -0.25) is 14.5 Å². The van der Waals surface area contributed by atoms with E-state index in [1.165, 1.54) is 4.90 Å². The summed E-state index contributed by atoms with van der Waals surface area (Å²) in [6.45, 7) is 4.86. The molecule has 0 saturated carbocycles. The van der Waals surface area contributed by atoms with Crippen LogP contribution in [-0.2, 0) is 9.59 Å². The third kappa shape index (κ3) is 2.92. The fourth-order valence-electron chi connectivity index (χ4n) is 1.17. The van der Waals surface area contributed by atoms with Gasteiger partial charge in [-0.2, -0.15) is 0 Å². The number of carbonyl (C=O) groups is 2. The SMILES string of the molecule is CC(C(=O)N(C)C)N(C)C(C)(C)C(=O)O. The first-order valence-electron chi connectivity index (χ1n) is 4.79. The molecule has 0 aliphatic rings. The maximum absolute atomic E-state index is 11.6. The van der Waals surface area contributed by atoms with E-state index >= 15 is 0 Å². The van der Waals surface area contributed by atoms with Gasteiger partial charge in [0.1, 0.15) is 5.54 Å². The monoisotopic (exact) mass is 216 g/mol. The Labute approximate surface area is 90.7 Å². The van der Waals surface area contributed by atoms with Gasteiger partial charge in [0.15, 0.2) is 0 Å². The summed E-state index contributed by atoms with van der Waals surface area (Å²) in [6, 6.07) is -0.453. The van der Waals surface area contributed by atoms with E-state index in [0.29, 0.717) is 0 Å². The highest BCUT2D eigenvalue weighted by atomic mass is 16.4. The van der Waals surface area contributed by atoms with E-state index in [1.54, 1.807) is 46.8 Å². The summed E-state index contributed by atoms with van der Waals surface area (Å²) in [5.74, 6) is -1.05. The van der Waals surface area contributed by atoms with Crippen LogP contribution in [0.3, 0.4) is 0 Å². The van der Waals surface area contributed by atoms with E-state index in [-0.39, 0.29) is 5.91 Å². The second-order valence-electron chi connectivity index (χ2n) is 4.38. The number of aliphatic carboxylic acids is 1. The first kappa shape index (κ1) is 13.9. The van der Waals surface area contributed by atoms with Crippen molar-refractivity contribution in [3.63, 3.8) is 0 Å². The number of likely N-dealkylation sites (N-methyl/N-ethyl adjacent to an activating group) is 2. The molecule has 88 valence electrons. The second-order valence-corrected chi connectivity index (χ2v) is 4.38. The minimum atomic E-state index is -1.05. The molecular weight excluding hydrogens is 196 g/mol. The lowest BCUT2D eigenvalue weighted by atomic mass is 10.0. The van der Waals surface area contributed by atoms with Gasteiger partial charge in [0, 0.05) is 14.1 Å². The zero-order valence-corrected chi connectivity index (χ0v) is 10.2. The van der Waals surface area contributed by atoms with E-state index in [0.717, 1.165) is 0 Å². The summed E-state index contributed by atoms with van der Waals surface area (Å²) in [5, 5.41) is 9.01. The molecule has 5 heteroatoms. The number of nitrogens with zero attached hydrogens (tertiary/aromatic N) is 2. The Morgan fingerprint density at radius 1 is 1.20 bits per heavy atom. The Kier molecular flexibility index (Phi) is 4.27. The van der Waals surface area contributed by atoms with E-state index in [4.69, 9.17) is 5.11 Å². The van der Waals surface area contributed by atoms with Gasteiger partial charge in [-0.05, 0) is 27.8 Å². The molecule has 0 fully saturated rings. The Balaban J connectivity index is 4.79. The molecule has 15 heavy (non-hydrogen) atoms. The van der Waals surface area contributed by atoms with Crippen LogP contribution >= 0.6 is 0 Å². The lowest BCUT2D eigenvalue weighted by Crippen LogP contribution is -2.55. The molecule has 0 spiro atoms. The lowest BCUT2D eigenvalue weighted by Gasteiger charge is -2.36. The van der Waals surface area contributed by atoms with Crippen LogP contribution in [0.25, 0.3) is 0 Å². The quantitative estimate of drug-likeness (QED) is 0.732. The van der Waals surface area contributed by atoms with Crippen molar-refractivity contribution in [2.45, 2.75) is 32.4 Å². The van der Waals surface area contributed by atoms with Crippen molar-refractivity contribution in [2.24, 2.45) is 0 Å². The van der Waals surface area contributed by atoms with Crippen LogP contribution in [-0.4, -0.2) is 59.5 Å². The molecule has 0 aromatic carbocycles. The molecule has 0 aromatic rings. The van der Waals surface area contributed by atoms with E-state index < -0.39 is 17.6 Å². The minimum absolute atomic E-state index is 0.105. The van der Waals surface area contributed by atoms with E-state index in [2.05, 4.69) is 0 Å². The molecule has 1 atom stereocenters. The Morgan fingerprint density at radius 2 is 1.60 bits per heavy atom. The number of hydrogen-bond acceptors (Lipinski definition) is 3. The predicted octanol–water partition coefficient (Wildman–Crippen LogP) is 0.258. The Bertz CT molecular complexity index is 261. The molecule has 0 rings (SSSR count). The summed E-state index contributed by atoms with van der Waals surface area (Å²) >= 11 is 0. The minimum Gasteiger partial charge on any atom is -0.480 e. The standard InChI is InChI=1S/C10H20N2O3/c1-7(8(13)11(4)5)12(6)10(2,3)9(14)15/h7H,1-6H3,(H,14,15). The predicted molar refractivity (Wildman–Crippen MR) is 57.6 cm³/mol. The maximum Gasteiger partial charge on any atom is 0.323 e. The highest BCUT2D eigenvalue weighted by Gasteiger charge is 2.37. The van der Waals surface area contributed by atoms with Crippen LogP contribution in [0.2, 0.25) is 0 Å². The molecule has 0 aliphatic heterocycles. The number of rotatable bonds is 4. The highest BCUT2D eigenvalue weighted by molar-refractivity contribution is 5.83. The van der Waals surface area contributed by atoms with Crippen molar-refractivity contribution in [1.82, 2.24) is 9.80 Å². The molecular formula is C10H20N2O3. The van der Waals surface area contributed by atoms with Gasteiger partial charge in [0.25, 0.3) is 0 Å². The normalized spacial score (nSPS) is 13.8. The van der Waals surface area contributed by atoms with Crippen LogP contribution in [0.4, 0.5) is 0 Å². The highest BCUT2D eigenvalue weighted by Crippen LogP contribution is 2.16. The van der Waals surface area contributed by atoms with Crippen molar-refractivity contribution in [2.75, 3.05) is 21.1 Å². The number of carboxylic acids is 1. The van der Waals surface area contributed by atoms with Crippen LogP contribution in [0, 0.1) is 0 Å². The van der Waals surface area contributed by atoms with Gasteiger partial charge in [-0.1, -0.05) is 0 Å². The lowest BCUT2D eigenvalue weighted by molar-refractivity contribution is -0.152. The van der Waals surface area contributed by atoms with Crippen molar-refractivity contribution in [3.8, 4) is 0 Å². The third-order valence-corrected chi connectivity index (χ3v) is 2.78. The molecule has 0 aliphatic carbocycles. The molecule has 1 N–H and O–H groups in total. The van der Waals surface area contributed by atoms with Crippen molar-refractivity contribution < 1.29 is 14.7 Å². The van der Waals surface area contributed by atoms with Crippen LogP contribution < -0.4 is 0 Å². The van der Waals surface area contributed by atoms with Crippen LogP contribution in [0.15, 0.2) is 0 Å². The molecule has 0 saturated heterocycles. The first-order chi connectivity index (χ1) is 6.62. The van der Waals surface area contributed by atoms with Gasteiger partial charge >= 0.3 is 5.97 Å². The maximum atomic E-state index is 11.6. The Morgan fingerprint density at radius 3 is 1.87 bits per heavy atom. The molecule has 0 heterocycles. The van der Waals surface area contributed by atoms with Crippen molar-refractivity contribution >= 4 is 11.9 Å². The zero-order chi connectivity index (χ0) is 12.4. The van der Waals surface area contributed by atoms with Gasteiger partial charge < -0.3 is 10.0 Å². The first-order valence-corrected chi connectivity index (χ1v) is 4.79. The molecule has 1 unspecified atom stereocenters. The largest absolute Gasteiger partial charge is 0.480 e. The summed E-state index contributed by atoms with van der Waals surface area (Å²) in [6.07, 6.45) is 0. The molecule has 0 radical (unpaired) electrons. The smallest absolute Gasteiger partial charge is 0.323 e. The van der Waals surface area contributed by atoms with Crippen molar-refractivity contribution in [3.05, 3.63) is 0 Å². The van der Waals surface area contributed by atoms with Gasteiger partial charge in [0.2, 0.25) is 5.91 Å². The Hall–Kier alpha value is -1.10. The summed E-state index contributed by atoms with van der Waals surface area (Å²) in [5.41, 5.74) is -1.05. The third-order valence-electron chi connectivity index (χ3n) is 2.78. The number of amides is 1. The number of carboxylic acid groups (broad SMARTS) is 1. The van der Waals surface area contributed by atoms with Gasteiger partial charge in [0.05, 0.1) is 6.04 Å². The molecule has 1 amide bonds. The average Bonchev–Trinajstić information content (AvgIpc) is 2.13. The summed E-state index contributed by atoms with van der Waals surface area (Å²) in [7, 11) is 4.95. The summed E-state index contributed by atoms with van der Waals surface area (Å²) in [4.78, 5) is 25.6. The second kappa shape index (κ2) is 4.61. The molecule has 5 nitrogen and oxygen atoms in total. The fourth-order valence-corrected chi connectivity index (χ4v) is 1.17. The average molecular weight is 216 g/mol. The topological polar surface area (TPSA) is 60.9 Å². The van der Waals surface area contributed by atoms with Crippen LogP contribution in [0.5, 0.6) is 0 Å². The van der Waals surface area contributed by atoms with Crippen molar-refractivity contribution in [1.29, 1.82) is 0 Å². The molecule has 0 aromatic heterocycles. The van der Waals surface area contributed by atoms with Crippen LogP contribution in [0.1, 0.15) is 20.8 Å². The zero-order valence-electron chi connectivity index (χ0n) is 10.2. The summed E-state index contributed by atoms with van der Waals surface area (Å²) < 4.78 is 0. The fraction of sp³-hybridized carbons (Fsp3) is 0.800. The van der Waals surface area contributed by atoms with Gasteiger partial charge in [-0.25, -0.2) is 0 Å². The molecule has 0 bridgehead atoms. The van der Waals surface area contributed by atoms with E-state index in [1.807, 2.05) is 0 Å². The number of carbonyl (C=O) groups excluding carboxylic acids is 1.